The quantitative estimate of drug-likeness (QED) is 0.427. The average Bonchev–Trinajstić information content (AvgIpc) is 3.42. The lowest BCUT2D eigenvalue weighted by molar-refractivity contribution is -0.134. The molecule has 2 aliphatic rings. The maximum absolute atomic E-state index is 13.8. The third-order valence-corrected chi connectivity index (χ3v) is 6.93. The van der Waals surface area contributed by atoms with Gasteiger partial charge in [0.05, 0.1) is 12.0 Å². The van der Waals surface area contributed by atoms with Crippen molar-refractivity contribution in [2.24, 2.45) is 0 Å². The third kappa shape index (κ3) is 3.98. The van der Waals surface area contributed by atoms with E-state index in [0.717, 1.165) is 41.3 Å². The molecule has 0 radical (unpaired) electrons. The number of hydrogen-bond donors (Lipinski definition) is 0. The van der Waals surface area contributed by atoms with Crippen LogP contribution < -0.4 is 4.74 Å². The van der Waals surface area contributed by atoms with Gasteiger partial charge in [-0.2, -0.15) is 4.98 Å². The molecule has 2 aliphatic heterocycles. The summed E-state index contributed by atoms with van der Waals surface area (Å²) in [6.07, 6.45) is 0. The first kappa shape index (κ1) is 21.6. The van der Waals surface area contributed by atoms with Crippen molar-refractivity contribution in [1.29, 1.82) is 0 Å². The van der Waals surface area contributed by atoms with Crippen LogP contribution in [0.4, 0.5) is 0 Å². The summed E-state index contributed by atoms with van der Waals surface area (Å²) in [6, 6.07) is 25.4. The second-order valence-corrected chi connectivity index (χ2v) is 8.97. The number of piperazine rings is 1. The molecule has 1 saturated heterocycles. The van der Waals surface area contributed by atoms with Crippen LogP contribution in [0, 0.1) is 0 Å². The number of carbonyl (C=O) groups excluding carboxylic acids is 1. The molecule has 6 rings (SSSR count). The highest BCUT2D eigenvalue weighted by molar-refractivity contribution is 5.89. The van der Waals surface area contributed by atoms with Crippen LogP contribution in [0.25, 0.3) is 11.4 Å². The van der Waals surface area contributed by atoms with E-state index in [1.54, 1.807) is 0 Å². The van der Waals surface area contributed by atoms with Crippen molar-refractivity contribution in [2.75, 3.05) is 26.2 Å². The topological polar surface area (TPSA) is 71.7 Å². The van der Waals surface area contributed by atoms with Crippen LogP contribution in [0.15, 0.2) is 83.4 Å². The Bertz CT molecular complexity index is 1300. The lowest BCUT2D eigenvalue weighted by Gasteiger charge is -2.39. The molecule has 0 spiro atoms. The van der Waals surface area contributed by atoms with Crippen molar-refractivity contribution in [3.8, 4) is 22.9 Å². The lowest BCUT2D eigenvalue weighted by atomic mass is 9.86. The van der Waals surface area contributed by atoms with Gasteiger partial charge in [0, 0.05) is 42.9 Å². The smallest absolute Gasteiger partial charge is 0.244 e. The summed E-state index contributed by atoms with van der Waals surface area (Å²) in [5.41, 5.74) is 2.78. The molecule has 176 valence electrons. The molecule has 0 aliphatic carbocycles. The molecule has 1 atom stereocenters. The highest BCUT2D eigenvalue weighted by Gasteiger charge is 2.37. The van der Waals surface area contributed by atoms with E-state index in [1.165, 1.54) is 0 Å². The average molecular weight is 467 g/mol. The van der Waals surface area contributed by atoms with Crippen LogP contribution in [0.5, 0.6) is 11.5 Å². The zero-order valence-electron chi connectivity index (χ0n) is 19.5. The molecule has 1 unspecified atom stereocenters. The van der Waals surface area contributed by atoms with E-state index in [1.807, 2.05) is 83.8 Å². The van der Waals surface area contributed by atoms with Gasteiger partial charge in [-0.3, -0.25) is 9.69 Å². The Labute approximate surface area is 203 Å². The number of nitrogens with zero attached hydrogens (tertiary/aromatic N) is 4. The number of ether oxygens (including phenoxy) is 1. The van der Waals surface area contributed by atoms with Crippen LogP contribution in [-0.2, 0) is 4.79 Å². The zero-order valence-corrected chi connectivity index (χ0v) is 19.5. The second kappa shape index (κ2) is 9.00. The number of para-hydroxylation sites is 2. The number of benzene rings is 3. The Morgan fingerprint density at radius 2 is 1.46 bits per heavy atom. The lowest BCUT2D eigenvalue weighted by Crippen LogP contribution is -2.50. The standard InChI is InChI=1S/C28H26N4O3/c1-19(27-29-26(30-35-27)20-9-3-2-4-10-20)31-15-17-32(18-16-31)28(33)25-21-11-5-7-13-23(21)34-24-14-8-6-12-22(24)25/h2-14,19,25H,15-18H2,1H3. The molecule has 7 heteroatoms. The van der Waals surface area contributed by atoms with Gasteiger partial charge in [-0.15, -0.1) is 0 Å². The fourth-order valence-corrected chi connectivity index (χ4v) is 4.95. The summed E-state index contributed by atoms with van der Waals surface area (Å²) < 4.78 is 11.7. The predicted octanol–water partition coefficient (Wildman–Crippen LogP) is 4.88. The van der Waals surface area contributed by atoms with E-state index in [9.17, 15) is 4.79 Å². The molecule has 0 N–H and O–H groups in total. The highest BCUT2D eigenvalue weighted by atomic mass is 16.5. The monoisotopic (exact) mass is 466 g/mol. The van der Waals surface area contributed by atoms with Crippen molar-refractivity contribution >= 4 is 5.91 Å². The summed E-state index contributed by atoms with van der Waals surface area (Å²) in [4.78, 5) is 22.7. The molecule has 4 aromatic rings. The van der Waals surface area contributed by atoms with Gasteiger partial charge >= 0.3 is 0 Å². The number of hydrogen-bond acceptors (Lipinski definition) is 6. The Morgan fingerprint density at radius 3 is 2.11 bits per heavy atom. The first-order valence-electron chi connectivity index (χ1n) is 12.0. The molecule has 0 bridgehead atoms. The molecule has 1 aromatic heterocycles. The molecule has 3 aromatic carbocycles. The van der Waals surface area contributed by atoms with Crippen LogP contribution in [-0.4, -0.2) is 52.0 Å². The van der Waals surface area contributed by atoms with E-state index < -0.39 is 0 Å². The molecule has 0 saturated carbocycles. The van der Waals surface area contributed by atoms with Crippen LogP contribution in [0.2, 0.25) is 0 Å². The van der Waals surface area contributed by atoms with Gasteiger partial charge in [-0.25, -0.2) is 0 Å². The SMILES string of the molecule is CC(c1nc(-c2ccccc2)no1)N1CCN(C(=O)C2c3ccccc3Oc3ccccc32)CC1. The Morgan fingerprint density at radius 1 is 0.857 bits per heavy atom. The van der Waals surface area contributed by atoms with Crippen LogP contribution in [0.3, 0.4) is 0 Å². The van der Waals surface area contributed by atoms with Gasteiger partial charge < -0.3 is 14.2 Å². The highest BCUT2D eigenvalue weighted by Crippen LogP contribution is 2.44. The minimum atomic E-state index is -0.357. The van der Waals surface area contributed by atoms with Crippen LogP contribution >= 0.6 is 0 Å². The largest absolute Gasteiger partial charge is 0.457 e. The van der Waals surface area contributed by atoms with E-state index >= 15 is 0 Å². The van der Waals surface area contributed by atoms with Gasteiger partial charge in [-0.05, 0) is 19.1 Å². The third-order valence-electron chi connectivity index (χ3n) is 6.93. The molecule has 1 amide bonds. The van der Waals surface area contributed by atoms with Crippen LogP contribution in [0.1, 0.15) is 35.9 Å². The summed E-state index contributed by atoms with van der Waals surface area (Å²) in [5.74, 6) is 2.45. The zero-order chi connectivity index (χ0) is 23.8. The molecule has 1 fully saturated rings. The predicted molar refractivity (Wildman–Crippen MR) is 131 cm³/mol. The number of fused-ring (bicyclic) bond motifs is 2. The summed E-state index contributed by atoms with van der Waals surface area (Å²) in [6.45, 7) is 4.84. The summed E-state index contributed by atoms with van der Waals surface area (Å²) in [5, 5.41) is 4.16. The number of aromatic nitrogens is 2. The number of carbonyl (C=O) groups is 1. The first-order valence-corrected chi connectivity index (χ1v) is 12.0. The maximum atomic E-state index is 13.8. The Kier molecular flexibility index (Phi) is 5.54. The normalized spacial score (nSPS) is 16.8. The molecule has 3 heterocycles. The Balaban J connectivity index is 1.17. The summed E-state index contributed by atoms with van der Waals surface area (Å²) >= 11 is 0. The maximum Gasteiger partial charge on any atom is 0.244 e. The molecular weight excluding hydrogens is 440 g/mol. The molecular formula is C28H26N4O3. The minimum absolute atomic E-state index is 0.0262. The van der Waals surface area contributed by atoms with Gasteiger partial charge in [0.25, 0.3) is 0 Å². The van der Waals surface area contributed by atoms with Crippen molar-refractivity contribution in [2.45, 2.75) is 18.9 Å². The van der Waals surface area contributed by atoms with Gasteiger partial charge in [0.2, 0.25) is 17.6 Å². The Hall–Kier alpha value is -3.97. The van der Waals surface area contributed by atoms with Crippen molar-refractivity contribution in [3.63, 3.8) is 0 Å². The fourth-order valence-electron chi connectivity index (χ4n) is 4.95. The van der Waals surface area contributed by atoms with Gasteiger partial charge in [0.1, 0.15) is 11.5 Å². The molecule has 35 heavy (non-hydrogen) atoms. The minimum Gasteiger partial charge on any atom is -0.457 e. The van der Waals surface area contributed by atoms with Gasteiger partial charge in [0.15, 0.2) is 0 Å². The second-order valence-electron chi connectivity index (χ2n) is 8.97. The number of amides is 1. The first-order chi connectivity index (χ1) is 17.2. The van der Waals surface area contributed by atoms with E-state index in [0.29, 0.717) is 24.8 Å². The van der Waals surface area contributed by atoms with Crippen molar-refractivity contribution < 1.29 is 14.1 Å². The summed E-state index contributed by atoms with van der Waals surface area (Å²) in [7, 11) is 0. The van der Waals surface area contributed by atoms with Crippen molar-refractivity contribution in [3.05, 3.63) is 95.9 Å². The molecule has 7 nitrogen and oxygen atoms in total. The van der Waals surface area contributed by atoms with E-state index in [4.69, 9.17) is 9.26 Å². The van der Waals surface area contributed by atoms with E-state index in [2.05, 4.69) is 22.0 Å². The van der Waals surface area contributed by atoms with Crippen molar-refractivity contribution in [1.82, 2.24) is 19.9 Å². The fraction of sp³-hybridized carbons (Fsp3) is 0.250. The number of rotatable bonds is 4. The van der Waals surface area contributed by atoms with Gasteiger partial charge in [-0.1, -0.05) is 71.9 Å². The van der Waals surface area contributed by atoms with E-state index in [-0.39, 0.29) is 17.9 Å².